The van der Waals surface area contributed by atoms with E-state index >= 15 is 0 Å². The molecule has 0 aromatic rings. The lowest BCUT2D eigenvalue weighted by atomic mass is 9.79. The van der Waals surface area contributed by atoms with Gasteiger partial charge in [0.2, 0.25) is 0 Å². The quantitative estimate of drug-likeness (QED) is 0.711. The summed E-state index contributed by atoms with van der Waals surface area (Å²) in [5, 5.41) is 3.81. The molecule has 0 aromatic carbocycles. The molecule has 0 aliphatic carbocycles. The van der Waals surface area contributed by atoms with Gasteiger partial charge in [0, 0.05) is 12.0 Å². The molecule has 1 aliphatic heterocycles. The molecule has 1 aliphatic rings. The highest BCUT2D eigenvalue weighted by Crippen LogP contribution is 2.37. The van der Waals surface area contributed by atoms with Gasteiger partial charge in [-0.15, -0.1) is 0 Å². The third-order valence-corrected chi connectivity index (χ3v) is 5.18. The maximum atomic E-state index is 6.06. The third kappa shape index (κ3) is 4.46. The summed E-state index contributed by atoms with van der Waals surface area (Å²) in [5.41, 5.74) is 0. The molecule has 1 N–H and O–H groups in total. The second-order valence-corrected chi connectivity index (χ2v) is 6.46. The SMILES string of the molecule is CCCNC(CC(CC)CC)C1C(C)OC(C)C1C. The minimum absolute atomic E-state index is 0.397. The molecule has 0 aromatic heterocycles. The van der Waals surface area contributed by atoms with Gasteiger partial charge in [-0.3, -0.25) is 0 Å². The fraction of sp³-hybridized carbons (Fsp3) is 1.00. The van der Waals surface area contributed by atoms with E-state index in [1.54, 1.807) is 0 Å². The first kappa shape index (κ1) is 17.0. The van der Waals surface area contributed by atoms with Gasteiger partial charge < -0.3 is 10.1 Å². The van der Waals surface area contributed by atoms with Crippen molar-refractivity contribution in [3.8, 4) is 0 Å². The number of ether oxygens (including phenoxy) is 1. The van der Waals surface area contributed by atoms with E-state index in [0.29, 0.717) is 30.1 Å². The summed E-state index contributed by atoms with van der Waals surface area (Å²) in [7, 11) is 0. The largest absolute Gasteiger partial charge is 0.375 e. The van der Waals surface area contributed by atoms with Crippen LogP contribution in [0.15, 0.2) is 0 Å². The number of rotatable bonds is 8. The molecular weight excluding hydrogens is 234 g/mol. The molecule has 5 atom stereocenters. The highest BCUT2D eigenvalue weighted by Gasteiger charge is 2.41. The zero-order chi connectivity index (χ0) is 14.4. The van der Waals surface area contributed by atoms with Crippen LogP contribution in [0.1, 0.15) is 67.2 Å². The number of hydrogen-bond donors (Lipinski definition) is 1. The maximum absolute atomic E-state index is 6.06. The summed E-state index contributed by atoms with van der Waals surface area (Å²) in [6, 6.07) is 0.625. The Bertz CT molecular complexity index is 239. The molecule has 0 saturated carbocycles. The topological polar surface area (TPSA) is 21.3 Å². The highest BCUT2D eigenvalue weighted by atomic mass is 16.5. The first-order valence-electron chi connectivity index (χ1n) is 8.43. The van der Waals surface area contributed by atoms with Crippen LogP contribution >= 0.6 is 0 Å². The summed E-state index contributed by atoms with van der Waals surface area (Å²) < 4.78 is 6.06. The third-order valence-electron chi connectivity index (χ3n) is 5.18. The van der Waals surface area contributed by atoms with Crippen molar-refractivity contribution < 1.29 is 4.74 Å². The van der Waals surface area contributed by atoms with Gasteiger partial charge in [-0.05, 0) is 45.1 Å². The lowest BCUT2D eigenvalue weighted by Crippen LogP contribution is -2.43. The van der Waals surface area contributed by atoms with Crippen molar-refractivity contribution in [2.24, 2.45) is 17.8 Å². The van der Waals surface area contributed by atoms with Crippen LogP contribution < -0.4 is 5.32 Å². The van der Waals surface area contributed by atoms with Gasteiger partial charge in [0.25, 0.3) is 0 Å². The smallest absolute Gasteiger partial charge is 0.0597 e. The highest BCUT2D eigenvalue weighted by molar-refractivity contribution is 4.92. The fourth-order valence-electron chi connectivity index (χ4n) is 3.67. The van der Waals surface area contributed by atoms with Crippen molar-refractivity contribution in [1.29, 1.82) is 0 Å². The van der Waals surface area contributed by atoms with E-state index in [1.807, 2.05) is 0 Å². The Kier molecular flexibility index (Phi) is 7.38. The van der Waals surface area contributed by atoms with Gasteiger partial charge in [0.05, 0.1) is 12.2 Å². The molecular formula is C17H35NO. The summed E-state index contributed by atoms with van der Waals surface area (Å²) in [6.45, 7) is 14.9. The Hall–Kier alpha value is -0.0800. The fourth-order valence-corrected chi connectivity index (χ4v) is 3.67. The molecule has 0 radical (unpaired) electrons. The predicted octanol–water partition coefficient (Wildman–Crippen LogP) is 4.24. The minimum Gasteiger partial charge on any atom is -0.375 e. The van der Waals surface area contributed by atoms with Crippen LogP contribution in [0.25, 0.3) is 0 Å². The summed E-state index contributed by atoms with van der Waals surface area (Å²) >= 11 is 0. The van der Waals surface area contributed by atoms with Gasteiger partial charge in [-0.25, -0.2) is 0 Å². The Balaban J connectivity index is 2.71. The van der Waals surface area contributed by atoms with Gasteiger partial charge in [-0.2, -0.15) is 0 Å². The molecule has 1 saturated heterocycles. The van der Waals surface area contributed by atoms with Crippen molar-refractivity contribution in [2.45, 2.75) is 85.5 Å². The van der Waals surface area contributed by atoms with E-state index < -0.39 is 0 Å². The average molecular weight is 269 g/mol. The van der Waals surface area contributed by atoms with Crippen LogP contribution in [0.3, 0.4) is 0 Å². The second-order valence-electron chi connectivity index (χ2n) is 6.46. The molecule has 0 spiro atoms. The average Bonchev–Trinajstić information content (AvgIpc) is 2.65. The molecule has 2 nitrogen and oxygen atoms in total. The maximum Gasteiger partial charge on any atom is 0.0597 e. The van der Waals surface area contributed by atoms with E-state index in [9.17, 15) is 0 Å². The molecule has 2 heteroatoms. The Morgan fingerprint density at radius 2 is 1.63 bits per heavy atom. The zero-order valence-corrected chi connectivity index (χ0v) is 13.9. The van der Waals surface area contributed by atoms with Gasteiger partial charge in [-0.1, -0.05) is 40.5 Å². The van der Waals surface area contributed by atoms with E-state index in [1.165, 1.54) is 25.7 Å². The van der Waals surface area contributed by atoms with Gasteiger partial charge in [0.1, 0.15) is 0 Å². The van der Waals surface area contributed by atoms with Crippen LogP contribution in [-0.4, -0.2) is 24.8 Å². The number of nitrogens with one attached hydrogen (secondary N) is 1. The lowest BCUT2D eigenvalue weighted by Gasteiger charge is -2.32. The van der Waals surface area contributed by atoms with Crippen LogP contribution in [-0.2, 0) is 4.74 Å². The zero-order valence-electron chi connectivity index (χ0n) is 13.9. The van der Waals surface area contributed by atoms with Crippen LogP contribution in [0.2, 0.25) is 0 Å². The predicted molar refractivity (Wildman–Crippen MR) is 83.4 cm³/mol. The number of hydrogen-bond acceptors (Lipinski definition) is 2. The minimum atomic E-state index is 0.397. The summed E-state index contributed by atoms with van der Waals surface area (Å²) in [5.74, 6) is 2.19. The van der Waals surface area contributed by atoms with Crippen LogP contribution in [0.4, 0.5) is 0 Å². The summed E-state index contributed by atoms with van der Waals surface area (Å²) in [4.78, 5) is 0. The monoisotopic (exact) mass is 269 g/mol. The second kappa shape index (κ2) is 8.26. The van der Waals surface area contributed by atoms with E-state index in [4.69, 9.17) is 4.74 Å². The molecule has 0 bridgehead atoms. The first-order chi connectivity index (χ1) is 9.04. The molecule has 1 heterocycles. The van der Waals surface area contributed by atoms with E-state index in [-0.39, 0.29) is 0 Å². The Morgan fingerprint density at radius 3 is 2.05 bits per heavy atom. The summed E-state index contributed by atoms with van der Waals surface area (Å²) in [6.07, 6.45) is 5.92. The lowest BCUT2D eigenvalue weighted by molar-refractivity contribution is 0.0463. The molecule has 19 heavy (non-hydrogen) atoms. The Morgan fingerprint density at radius 1 is 1.00 bits per heavy atom. The van der Waals surface area contributed by atoms with Gasteiger partial charge >= 0.3 is 0 Å². The molecule has 1 rings (SSSR count). The standard InChI is InChI=1S/C17H35NO/c1-7-10-18-16(11-15(8-2)9-3)17-12(4)13(5)19-14(17)6/h12-18H,7-11H2,1-6H3. The van der Waals surface area contributed by atoms with Crippen molar-refractivity contribution in [2.75, 3.05) is 6.54 Å². The first-order valence-corrected chi connectivity index (χ1v) is 8.43. The van der Waals surface area contributed by atoms with E-state index in [0.717, 1.165) is 12.5 Å². The molecule has 5 unspecified atom stereocenters. The van der Waals surface area contributed by atoms with Crippen LogP contribution in [0, 0.1) is 17.8 Å². The van der Waals surface area contributed by atoms with Crippen LogP contribution in [0.5, 0.6) is 0 Å². The van der Waals surface area contributed by atoms with Crippen molar-refractivity contribution in [3.05, 3.63) is 0 Å². The van der Waals surface area contributed by atoms with Crippen molar-refractivity contribution in [3.63, 3.8) is 0 Å². The van der Waals surface area contributed by atoms with Gasteiger partial charge in [0.15, 0.2) is 0 Å². The Labute approximate surface area is 120 Å². The normalized spacial score (nSPS) is 33.0. The molecule has 0 amide bonds. The molecule has 1 fully saturated rings. The van der Waals surface area contributed by atoms with E-state index in [2.05, 4.69) is 46.9 Å². The van der Waals surface area contributed by atoms with Crippen molar-refractivity contribution in [1.82, 2.24) is 5.32 Å². The molecule has 114 valence electrons. The van der Waals surface area contributed by atoms with Crippen molar-refractivity contribution >= 4 is 0 Å².